The van der Waals surface area contributed by atoms with Crippen LogP contribution >= 0.6 is 0 Å². The minimum absolute atomic E-state index is 0.0422. The maximum Gasteiger partial charge on any atom is 0.573 e. The summed E-state index contributed by atoms with van der Waals surface area (Å²) in [7, 11) is 0. The maximum absolute atomic E-state index is 12.3. The molecule has 2 aromatic carbocycles. The molecule has 0 radical (unpaired) electrons. The highest BCUT2D eigenvalue weighted by Crippen LogP contribution is 2.34. The molecule has 3 rings (SSSR count). The Labute approximate surface area is 154 Å². The van der Waals surface area contributed by atoms with Gasteiger partial charge in [0.1, 0.15) is 5.75 Å². The van der Waals surface area contributed by atoms with Gasteiger partial charge in [-0.25, -0.2) is 0 Å². The third-order valence-electron chi connectivity index (χ3n) is 4.67. The molecule has 27 heavy (non-hydrogen) atoms. The first-order valence-electron chi connectivity index (χ1n) is 8.56. The minimum Gasteiger partial charge on any atom is -0.406 e. The molecule has 0 saturated carbocycles. The Kier molecular flexibility index (Phi) is 5.25. The van der Waals surface area contributed by atoms with Crippen molar-refractivity contribution >= 4 is 11.4 Å². The van der Waals surface area contributed by atoms with Crippen molar-refractivity contribution in [2.24, 2.45) is 5.92 Å². The molecule has 2 aromatic rings. The van der Waals surface area contributed by atoms with E-state index in [-0.39, 0.29) is 17.4 Å². The molecule has 0 N–H and O–H groups in total. The van der Waals surface area contributed by atoms with Crippen LogP contribution in [0.1, 0.15) is 24.8 Å². The smallest absolute Gasteiger partial charge is 0.406 e. The summed E-state index contributed by atoms with van der Waals surface area (Å²) in [5.74, 6) is 0.302. The lowest BCUT2D eigenvalue weighted by Gasteiger charge is -2.38. The van der Waals surface area contributed by atoms with Gasteiger partial charge in [0.05, 0.1) is 4.92 Å². The Bertz CT molecular complexity index is 791. The number of benzene rings is 2. The predicted molar refractivity (Wildman–Crippen MR) is 95.0 cm³/mol. The van der Waals surface area contributed by atoms with Crippen LogP contribution in [0.25, 0.3) is 0 Å². The SMILES string of the molecule is CC1CC(c2ccc(OC(F)(F)F)cc2)CN(c2ccc([N+](=O)[O-])cc2)C1. The Morgan fingerprint density at radius 1 is 1.07 bits per heavy atom. The summed E-state index contributed by atoms with van der Waals surface area (Å²) in [5.41, 5.74) is 1.89. The molecule has 0 aromatic heterocycles. The van der Waals surface area contributed by atoms with E-state index in [1.807, 2.05) is 0 Å². The van der Waals surface area contributed by atoms with Gasteiger partial charge in [0.15, 0.2) is 0 Å². The molecule has 5 nitrogen and oxygen atoms in total. The summed E-state index contributed by atoms with van der Waals surface area (Å²) >= 11 is 0. The fourth-order valence-corrected chi connectivity index (χ4v) is 3.53. The van der Waals surface area contributed by atoms with Crippen LogP contribution in [0.4, 0.5) is 24.5 Å². The molecule has 1 saturated heterocycles. The van der Waals surface area contributed by atoms with Gasteiger partial charge in [0.25, 0.3) is 5.69 Å². The molecule has 0 bridgehead atoms. The molecule has 8 heteroatoms. The van der Waals surface area contributed by atoms with Gasteiger partial charge in [-0.15, -0.1) is 13.2 Å². The fraction of sp³-hybridized carbons (Fsp3) is 0.368. The van der Waals surface area contributed by atoms with Crippen molar-refractivity contribution in [3.05, 3.63) is 64.2 Å². The Morgan fingerprint density at radius 2 is 1.70 bits per heavy atom. The second-order valence-corrected chi connectivity index (χ2v) is 6.83. The number of hydrogen-bond acceptors (Lipinski definition) is 4. The average Bonchev–Trinajstić information content (AvgIpc) is 2.60. The number of piperidine rings is 1. The number of hydrogen-bond donors (Lipinski definition) is 0. The number of nitro benzene ring substituents is 1. The fourth-order valence-electron chi connectivity index (χ4n) is 3.53. The third-order valence-corrected chi connectivity index (χ3v) is 4.67. The zero-order valence-electron chi connectivity index (χ0n) is 14.6. The van der Waals surface area contributed by atoms with E-state index in [9.17, 15) is 23.3 Å². The molecule has 1 heterocycles. The summed E-state index contributed by atoms with van der Waals surface area (Å²) in [6, 6.07) is 12.4. The van der Waals surface area contributed by atoms with Crippen LogP contribution in [-0.2, 0) is 0 Å². The highest BCUT2D eigenvalue weighted by atomic mass is 19.4. The quantitative estimate of drug-likeness (QED) is 0.545. The molecular formula is C19H19F3N2O3. The number of ether oxygens (including phenoxy) is 1. The number of alkyl halides is 3. The molecule has 2 unspecified atom stereocenters. The van der Waals surface area contributed by atoms with Crippen molar-refractivity contribution in [2.45, 2.75) is 25.6 Å². The molecule has 0 aliphatic carbocycles. The number of nitro groups is 1. The van der Waals surface area contributed by atoms with Crippen LogP contribution in [0.15, 0.2) is 48.5 Å². The first kappa shape index (κ1) is 19.0. The van der Waals surface area contributed by atoms with Gasteiger partial charge in [-0.2, -0.15) is 0 Å². The topological polar surface area (TPSA) is 55.6 Å². The number of nitrogens with zero attached hydrogens (tertiary/aromatic N) is 2. The maximum atomic E-state index is 12.3. The van der Waals surface area contributed by atoms with E-state index in [1.165, 1.54) is 24.3 Å². The normalized spacial score (nSPS) is 20.4. The van der Waals surface area contributed by atoms with Gasteiger partial charge >= 0.3 is 6.36 Å². The molecule has 2 atom stereocenters. The first-order chi connectivity index (χ1) is 12.7. The van der Waals surface area contributed by atoms with Crippen molar-refractivity contribution in [2.75, 3.05) is 18.0 Å². The Morgan fingerprint density at radius 3 is 2.26 bits per heavy atom. The average molecular weight is 380 g/mol. The lowest BCUT2D eigenvalue weighted by Crippen LogP contribution is -2.38. The van der Waals surface area contributed by atoms with Gasteiger partial charge < -0.3 is 9.64 Å². The van der Waals surface area contributed by atoms with Crippen molar-refractivity contribution in [3.63, 3.8) is 0 Å². The van der Waals surface area contributed by atoms with E-state index in [0.717, 1.165) is 24.2 Å². The number of rotatable bonds is 4. The van der Waals surface area contributed by atoms with Gasteiger partial charge in [-0.1, -0.05) is 19.1 Å². The van der Waals surface area contributed by atoms with Gasteiger partial charge in [-0.05, 0) is 42.2 Å². The van der Waals surface area contributed by atoms with Crippen molar-refractivity contribution in [3.8, 4) is 5.75 Å². The van der Waals surface area contributed by atoms with Crippen molar-refractivity contribution < 1.29 is 22.8 Å². The van der Waals surface area contributed by atoms with E-state index in [0.29, 0.717) is 12.5 Å². The summed E-state index contributed by atoms with van der Waals surface area (Å²) in [6.07, 6.45) is -3.78. The van der Waals surface area contributed by atoms with Crippen LogP contribution in [0.2, 0.25) is 0 Å². The van der Waals surface area contributed by atoms with Crippen LogP contribution in [-0.4, -0.2) is 24.4 Å². The lowest BCUT2D eigenvalue weighted by atomic mass is 9.85. The molecule has 1 fully saturated rings. The van der Waals surface area contributed by atoms with E-state index in [4.69, 9.17) is 0 Å². The zero-order chi connectivity index (χ0) is 19.6. The summed E-state index contributed by atoms with van der Waals surface area (Å²) in [5, 5.41) is 10.8. The molecule has 1 aliphatic heterocycles. The number of non-ortho nitro benzene ring substituents is 1. The van der Waals surface area contributed by atoms with E-state index < -0.39 is 11.3 Å². The lowest BCUT2D eigenvalue weighted by molar-refractivity contribution is -0.384. The van der Waals surface area contributed by atoms with E-state index in [1.54, 1.807) is 24.3 Å². The summed E-state index contributed by atoms with van der Waals surface area (Å²) in [4.78, 5) is 12.5. The third kappa shape index (κ3) is 4.90. The molecule has 1 aliphatic rings. The first-order valence-corrected chi connectivity index (χ1v) is 8.56. The Hall–Kier alpha value is -2.77. The zero-order valence-corrected chi connectivity index (χ0v) is 14.6. The molecular weight excluding hydrogens is 361 g/mol. The summed E-state index contributed by atoms with van der Waals surface area (Å²) < 4.78 is 40.8. The standard InChI is InChI=1S/C19H19F3N2O3/c1-13-10-15(14-2-8-18(9-3-14)27-19(20,21)22)12-23(11-13)16-4-6-17(7-5-16)24(25)26/h2-9,13,15H,10-12H2,1H3. The monoisotopic (exact) mass is 380 g/mol. The summed E-state index contributed by atoms with van der Waals surface area (Å²) in [6.45, 7) is 3.64. The molecule has 0 amide bonds. The van der Waals surface area contributed by atoms with Crippen LogP contribution in [0, 0.1) is 16.0 Å². The molecule has 0 spiro atoms. The van der Waals surface area contributed by atoms with Crippen LogP contribution in [0.3, 0.4) is 0 Å². The molecule has 144 valence electrons. The predicted octanol–water partition coefficient (Wildman–Crippen LogP) is 5.12. The van der Waals surface area contributed by atoms with Crippen molar-refractivity contribution in [1.29, 1.82) is 0 Å². The van der Waals surface area contributed by atoms with E-state index in [2.05, 4.69) is 16.6 Å². The minimum atomic E-state index is -4.70. The van der Waals surface area contributed by atoms with Gasteiger partial charge in [0, 0.05) is 36.8 Å². The second-order valence-electron chi connectivity index (χ2n) is 6.83. The second kappa shape index (κ2) is 7.46. The highest BCUT2D eigenvalue weighted by molar-refractivity contribution is 5.52. The largest absolute Gasteiger partial charge is 0.573 e. The van der Waals surface area contributed by atoms with Gasteiger partial charge in [-0.3, -0.25) is 10.1 Å². The van der Waals surface area contributed by atoms with Crippen LogP contribution in [0.5, 0.6) is 5.75 Å². The van der Waals surface area contributed by atoms with E-state index >= 15 is 0 Å². The van der Waals surface area contributed by atoms with Crippen LogP contribution < -0.4 is 9.64 Å². The number of halogens is 3. The highest BCUT2D eigenvalue weighted by Gasteiger charge is 2.31. The van der Waals surface area contributed by atoms with Crippen molar-refractivity contribution in [1.82, 2.24) is 0 Å². The Balaban J connectivity index is 1.74. The van der Waals surface area contributed by atoms with Gasteiger partial charge in [0.2, 0.25) is 0 Å². The number of anilines is 1.